The normalized spacial score (nSPS) is 16.1. The lowest BCUT2D eigenvalue weighted by Gasteiger charge is -2.26. The van der Waals surface area contributed by atoms with Gasteiger partial charge in [0.05, 0.1) is 5.69 Å². The summed E-state index contributed by atoms with van der Waals surface area (Å²) in [5, 5.41) is 3.91. The smallest absolute Gasteiger partial charge is 0.410 e. The molecule has 0 bridgehead atoms. The Morgan fingerprint density at radius 2 is 2.06 bits per heavy atom. The minimum atomic E-state index is -0.474. The van der Waals surface area contributed by atoms with Crippen LogP contribution >= 0.6 is 0 Å². The molecule has 0 aromatic carbocycles. The van der Waals surface area contributed by atoms with Crippen molar-refractivity contribution in [2.24, 2.45) is 0 Å². The number of aromatic nitrogens is 1. The van der Waals surface area contributed by atoms with Crippen molar-refractivity contribution in [2.75, 3.05) is 18.8 Å². The molecule has 2 N–H and O–H groups in total. The van der Waals surface area contributed by atoms with Gasteiger partial charge in [-0.15, -0.1) is 0 Å². The maximum absolute atomic E-state index is 12.0. The maximum atomic E-state index is 12.0. The van der Waals surface area contributed by atoms with E-state index in [4.69, 9.17) is 15.0 Å². The van der Waals surface area contributed by atoms with Crippen molar-refractivity contribution in [3.8, 4) is 0 Å². The van der Waals surface area contributed by atoms with Crippen LogP contribution in [0.3, 0.4) is 0 Å². The molecule has 6 heteroatoms. The number of nitrogen functional groups attached to an aromatic ring is 1. The summed E-state index contributed by atoms with van der Waals surface area (Å²) < 4.78 is 10.3. The van der Waals surface area contributed by atoms with E-state index in [1.54, 1.807) is 4.90 Å². The van der Waals surface area contributed by atoms with E-state index >= 15 is 0 Å². The Morgan fingerprint density at radius 3 is 2.72 bits per heavy atom. The first-order chi connectivity index (χ1) is 8.37. The number of nitrogens with two attached hydrogens (primary N) is 1. The number of carbonyl (C=O) groups is 1. The van der Waals surface area contributed by atoms with Crippen molar-refractivity contribution in [1.82, 2.24) is 10.1 Å². The quantitative estimate of drug-likeness (QED) is 0.759. The number of rotatable bonds is 0. The molecule has 1 aromatic rings. The summed E-state index contributed by atoms with van der Waals surface area (Å²) in [6.45, 7) is 6.73. The molecule has 18 heavy (non-hydrogen) atoms. The number of hydrogen-bond acceptors (Lipinski definition) is 5. The zero-order chi connectivity index (χ0) is 13.3. The Bertz CT molecular complexity index is 448. The summed E-state index contributed by atoms with van der Waals surface area (Å²) >= 11 is 0. The molecule has 0 aliphatic carbocycles. The van der Waals surface area contributed by atoms with E-state index in [9.17, 15) is 4.79 Å². The molecule has 1 aromatic heterocycles. The molecule has 1 aliphatic rings. The van der Waals surface area contributed by atoms with Crippen LogP contribution < -0.4 is 5.73 Å². The zero-order valence-electron chi connectivity index (χ0n) is 11.0. The third-order valence-electron chi connectivity index (χ3n) is 2.80. The van der Waals surface area contributed by atoms with E-state index in [1.165, 1.54) is 0 Å². The van der Waals surface area contributed by atoms with E-state index in [0.717, 1.165) is 11.3 Å². The van der Waals surface area contributed by atoms with E-state index in [2.05, 4.69) is 5.16 Å². The van der Waals surface area contributed by atoms with Crippen molar-refractivity contribution in [3.05, 3.63) is 11.3 Å². The monoisotopic (exact) mass is 253 g/mol. The third kappa shape index (κ3) is 2.75. The van der Waals surface area contributed by atoms with Crippen molar-refractivity contribution in [1.29, 1.82) is 0 Å². The Balaban J connectivity index is 2.02. The topological polar surface area (TPSA) is 81.6 Å². The van der Waals surface area contributed by atoms with Crippen LogP contribution in [0.2, 0.25) is 0 Å². The average molecular weight is 253 g/mol. The number of anilines is 1. The molecule has 1 amide bonds. The molecule has 2 rings (SSSR count). The number of ether oxygens (including phenoxy) is 1. The molecule has 0 spiro atoms. The molecule has 0 saturated carbocycles. The highest BCUT2D eigenvalue weighted by Crippen LogP contribution is 2.22. The lowest BCUT2D eigenvalue weighted by Crippen LogP contribution is -2.38. The lowest BCUT2D eigenvalue weighted by atomic mass is 10.1. The van der Waals surface area contributed by atoms with E-state index in [0.29, 0.717) is 31.8 Å². The van der Waals surface area contributed by atoms with E-state index in [-0.39, 0.29) is 6.09 Å². The first kappa shape index (κ1) is 12.7. The van der Waals surface area contributed by atoms with Crippen LogP contribution in [0.1, 0.15) is 32.0 Å². The van der Waals surface area contributed by atoms with Gasteiger partial charge in [0.15, 0.2) is 0 Å². The molecular weight excluding hydrogens is 234 g/mol. The Hall–Kier alpha value is -1.72. The van der Waals surface area contributed by atoms with Crippen molar-refractivity contribution >= 4 is 12.0 Å². The summed E-state index contributed by atoms with van der Waals surface area (Å²) in [6.07, 6.45) is 1.02. The van der Waals surface area contributed by atoms with Gasteiger partial charge in [0.1, 0.15) is 5.60 Å². The van der Waals surface area contributed by atoms with Gasteiger partial charge < -0.3 is 19.9 Å². The highest BCUT2D eigenvalue weighted by molar-refractivity contribution is 5.68. The minimum Gasteiger partial charge on any atom is -0.444 e. The highest BCUT2D eigenvalue weighted by Gasteiger charge is 2.26. The van der Waals surface area contributed by atoms with Gasteiger partial charge in [0.25, 0.3) is 0 Å². The fraction of sp³-hybridized carbons (Fsp3) is 0.667. The fourth-order valence-electron chi connectivity index (χ4n) is 1.93. The first-order valence-corrected chi connectivity index (χ1v) is 6.07. The van der Waals surface area contributed by atoms with Gasteiger partial charge in [-0.25, -0.2) is 4.79 Å². The number of fused-ring (bicyclic) bond motifs is 1. The van der Waals surface area contributed by atoms with Gasteiger partial charge >= 0.3 is 6.09 Å². The molecule has 6 nitrogen and oxygen atoms in total. The fourth-order valence-corrected chi connectivity index (χ4v) is 1.93. The number of amides is 1. The van der Waals surface area contributed by atoms with Gasteiger partial charge in [-0.05, 0) is 27.2 Å². The second kappa shape index (κ2) is 4.51. The lowest BCUT2D eigenvalue weighted by molar-refractivity contribution is 0.0257. The summed E-state index contributed by atoms with van der Waals surface area (Å²) in [7, 11) is 0. The molecule has 0 radical (unpaired) electrons. The van der Waals surface area contributed by atoms with Crippen molar-refractivity contribution < 1.29 is 14.1 Å². The Kier molecular flexibility index (Phi) is 3.19. The minimum absolute atomic E-state index is 0.289. The predicted octanol–water partition coefficient (Wildman–Crippen LogP) is 1.59. The van der Waals surface area contributed by atoms with Crippen LogP contribution in [0.5, 0.6) is 0 Å². The standard InChI is InChI=1S/C12H19N3O3/c1-12(2,3)17-11(16)15-6-4-8-9(5-7-15)14-18-10(8)13/h4-7,13H2,1-3H3. The van der Waals surface area contributed by atoms with Crippen LogP contribution in [-0.4, -0.2) is 34.8 Å². The largest absolute Gasteiger partial charge is 0.444 e. The van der Waals surface area contributed by atoms with Crippen LogP contribution in [0.4, 0.5) is 10.7 Å². The highest BCUT2D eigenvalue weighted by atomic mass is 16.6. The van der Waals surface area contributed by atoms with Gasteiger partial charge in [0, 0.05) is 25.1 Å². The molecule has 100 valence electrons. The second-order valence-electron chi connectivity index (χ2n) is 5.44. The molecule has 0 atom stereocenters. The maximum Gasteiger partial charge on any atom is 0.410 e. The molecule has 1 aliphatic heterocycles. The summed E-state index contributed by atoms with van der Waals surface area (Å²) in [5.41, 5.74) is 6.98. The van der Waals surface area contributed by atoms with Gasteiger partial charge in [-0.3, -0.25) is 0 Å². The first-order valence-electron chi connectivity index (χ1n) is 6.07. The zero-order valence-corrected chi connectivity index (χ0v) is 11.0. The summed E-state index contributed by atoms with van der Waals surface area (Å²) in [4.78, 5) is 13.6. The summed E-state index contributed by atoms with van der Waals surface area (Å²) in [6, 6.07) is 0. The van der Waals surface area contributed by atoms with E-state index < -0.39 is 5.60 Å². The van der Waals surface area contributed by atoms with E-state index in [1.807, 2.05) is 20.8 Å². The molecule has 0 fully saturated rings. The third-order valence-corrected chi connectivity index (χ3v) is 2.80. The molecule has 0 unspecified atom stereocenters. The second-order valence-corrected chi connectivity index (χ2v) is 5.44. The van der Waals surface area contributed by atoms with Crippen molar-refractivity contribution in [3.63, 3.8) is 0 Å². The summed E-state index contributed by atoms with van der Waals surface area (Å²) in [5.74, 6) is 0.357. The SMILES string of the molecule is CC(C)(C)OC(=O)N1CCc2noc(N)c2CC1. The molecule has 2 heterocycles. The van der Waals surface area contributed by atoms with Crippen LogP contribution in [0.25, 0.3) is 0 Å². The average Bonchev–Trinajstić information content (AvgIpc) is 2.48. The number of nitrogens with zero attached hydrogens (tertiary/aromatic N) is 2. The molecular formula is C12H19N3O3. The van der Waals surface area contributed by atoms with Gasteiger partial charge in [-0.2, -0.15) is 0 Å². The van der Waals surface area contributed by atoms with Gasteiger partial charge in [0.2, 0.25) is 5.88 Å². The molecule has 0 saturated heterocycles. The Morgan fingerprint density at radius 1 is 1.39 bits per heavy atom. The Labute approximate surface area is 106 Å². The number of hydrogen-bond donors (Lipinski definition) is 1. The number of carbonyl (C=O) groups excluding carboxylic acids is 1. The van der Waals surface area contributed by atoms with Crippen LogP contribution in [0.15, 0.2) is 4.52 Å². The van der Waals surface area contributed by atoms with Crippen molar-refractivity contribution in [2.45, 2.75) is 39.2 Å². The van der Waals surface area contributed by atoms with Crippen LogP contribution in [-0.2, 0) is 17.6 Å². The predicted molar refractivity (Wildman–Crippen MR) is 66.1 cm³/mol. The van der Waals surface area contributed by atoms with Gasteiger partial charge in [-0.1, -0.05) is 5.16 Å². The van der Waals surface area contributed by atoms with Crippen LogP contribution in [0, 0.1) is 0 Å².